The van der Waals surface area contributed by atoms with Crippen molar-refractivity contribution in [3.8, 4) is 0 Å². The molecule has 1 saturated heterocycles. The van der Waals surface area contributed by atoms with Crippen LogP contribution in [0.1, 0.15) is 23.9 Å². The molecule has 0 amide bonds. The van der Waals surface area contributed by atoms with Gasteiger partial charge < -0.3 is 5.32 Å². The van der Waals surface area contributed by atoms with Gasteiger partial charge in [0.05, 0.1) is 5.69 Å². The molecule has 0 radical (unpaired) electrons. The van der Waals surface area contributed by atoms with Gasteiger partial charge >= 0.3 is 0 Å². The number of rotatable bonds is 4. The van der Waals surface area contributed by atoms with E-state index in [0.717, 1.165) is 37.2 Å². The molecule has 1 aliphatic rings. The standard InChI is InChI=1S/C16H20FN3/c1-3-12-8-13(20(2)19-12)9-16(10-18-11-16)14-6-4-5-7-15(14)17/h4-8,18H,3,9-11H2,1-2H3. The summed E-state index contributed by atoms with van der Waals surface area (Å²) in [6.45, 7) is 3.74. The van der Waals surface area contributed by atoms with Gasteiger partial charge in [0, 0.05) is 37.7 Å². The molecule has 1 aromatic carbocycles. The zero-order chi connectivity index (χ0) is 14.2. The minimum atomic E-state index is -0.135. The third kappa shape index (κ3) is 2.14. The van der Waals surface area contributed by atoms with Crippen molar-refractivity contribution in [3.63, 3.8) is 0 Å². The summed E-state index contributed by atoms with van der Waals surface area (Å²) in [5.41, 5.74) is 2.95. The van der Waals surface area contributed by atoms with Crippen LogP contribution in [0.2, 0.25) is 0 Å². The lowest BCUT2D eigenvalue weighted by Gasteiger charge is -2.43. The molecule has 1 N–H and O–H groups in total. The van der Waals surface area contributed by atoms with Crippen LogP contribution in [0.5, 0.6) is 0 Å². The van der Waals surface area contributed by atoms with Crippen molar-refractivity contribution in [3.05, 3.63) is 53.1 Å². The van der Waals surface area contributed by atoms with Crippen LogP contribution in [-0.2, 0) is 25.3 Å². The van der Waals surface area contributed by atoms with E-state index in [1.165, 1.54) is 5.69 Å². The van der Waals surface area contributed by atoms with Crippen molar-refractivity contribution in [1.82, 2.24) is 15.1 Å². The first-order chi connectivity index (χ1) is 9.64. The van der Waals surface area contributed by atoms with E-state index < -0.39 is 0 Å². The maximum atomic E-state index is 14.1. The van der Waals surface area contributed by atoms with Gasteiger partial charge in [-0.3, -0.25) is 4.68 Å². The Morgan fingerprint density at radius 3 is 2.65 bits per heavy atom. The maximum absolute atomic E-state index is 14.1. The second kappa shape index (κ2) is 5.02. The third-order valence-corrected chi connectivity index (χ3v) is 4.28. The summed E-state index contributed by atoms with van der Waals surface area (Å²) in [5.74, 6) is -0.105. The number of nitrogens with zero attached hydrogens (tertiary/aromatic N) is 2. The first-order valence-electron chi connectivity index (χ1n) is 7.12. The highest BCUT2D eigenvalue weighted by atomic mass is 19.1. The number of nitrogens with one attached hydrogen (secondary N) is 1. The molecule has 3 nitrogen and oxygen atoms in total. The molecule has 0 saturated carbocycles. The Morgan fingerprint density at radius 1 is 1.35 bits per heavy atom. The topological polar surface area (TPSA) is 29.9 Å². The third-order valence-electron chi connectivity index (χ3n) is 4.28. The van der Waals surface area contributed by atoms with Gasteiger partial charge in [-0.2, -0.15) is 5.10 Å². The van der Waals surface area contributed by atoms with Gasteiger partial charge in [-0.1, -0.05) is 25.1 Å². The molecule has 106 valence electrons. The van der Waals surface area contributed by atoms with Crippen LogP contribution in [0.4, 0.5) is 4.39 Å². The molecule has 2 heterocycles. The predicted molar refractivity (Wildman–Crippen MR) is 77.2 cm³/mol. The summed E-state index contributed by atoms with van der Waals surface area (Å²) in [4.78, 5) is 0. The first-order valence-corrected chi connectivity index (χ1v) is 7.12. The summed E-state index contributed by atoms with van der Waals surface area (Å²) >= 11 is 0. The molecule has 0 unspecified atom stereocenters. The molecular formula is C16H20FN3. The van der Waals surface area contributed by atoms with Crippen LogP contribution in [0.25, 0.3) is 0 Å². The lowest BCUT2D eigenvalue weighted by molar-refractivity contribution is 0.261. The van der Waals surface area contributed by atoms with Crippen LogP contribution < -0.4 is 5.32 Å². The SMILES string of the molecule is CCc1cc(CC2(c3ccccc3F)CNC2)n(C)n1. The predicted octanol–water partition coefficient (Wildman–Crippen LogP) is 2.21. The fraction of sp³-hybridized carbons (Fsp3) is 0.438. The molecule has 1 aromatic heterocycles. The molecule has 20 heavy (non-hydrogen) atoms. The fourth-order valence-electron chi connectivity index (χ4n) is 2.99. The number of aryl methyl sites for hydroxylation is 2. The molecule has 0 atom stereocenters. The highest BCUT2D eigenvalue weighted by molar-refractivity contribution is 5.33. The van der Waals surface area contributed by atoms with E-state index in [9.17, 15) is 4.39 Å². The van der Waals surface area contributed by atoms with Crippen LogP contribution in [0.3, 0.4) is 0 Å². The minimum Gasteiger partial charge on any atom is -0.315 e. The van der Waals surface area contributed by atoms with Crippen molar-refractivity contribution in [1.29, 1.82) is 0 Å². The van der Waals surface area contributed by atoms with E-state index in [-0.39, 0.29) is 11.2 Å². The van der Waals surface area contributed by atoms with Crippen molar-refractivity contribution in [2.75, 3.05) is 13.1 Å². The van der Waals surface area contributed by atoms with Gasteiger partial charge in [0.15, 0.2) is 0 Å². The molecule has 0 spiro atoms. The molecule has 2 aromatic rings. The summed E-state index contributed by atoms with van der Waals surface area (Å²) < 4.78 is 16.1. The Labute approximate surface area is 118 Å². The zero-order valence-corrected chi connectivity index (χ0v) is 12.0. The van der Waals surface area contributed by atoms with Crippen molar-refractivity contribution in [2.45, 2.75) is 25.2 Å². The summed E-state index contributed by atoms with van der Waals surface area (Å²) in [6.07, 6.45) is 1.75. The number of halogens is 1. The number of hydrogen-bond acceptors (Lipinski definition) is 2. The minimum absolute atomic E-state index is 0.105. The number of hydrogen-bond donors (Lipinski definition) is 1. The summed E-state index contributed by atoms with van der Waals surface area (Å²) in [7, 11) is 1.97. The Bertz CT molecular complexity index is 614. The average molecular weight is 273 g/mol. The van der Waals surface area contributed by atoms with E-state index >= 15 is 0 Å². The number of benzene rings is 1. The normalized spacial score (nSPS) is 16.9. The van der Waals surface area contributed by atoms with Crippen molar-refractivity contribution >= 4 is 0 Å². The Kier molecular flexibility index (Phi) is 3.34. The van der Waals surface area contributed by atoms with Crippen LogP contribution in [0, 0.1) is 5.82 Å². The van der Waals surface area contributed by atoms with Crippen molar-refractivity contribution in [2.24, 2.45) is 7.05 Å². The Morgan fingerprint density at radius 2 is 2.10 bits per heavy atom. The van der Waals surface area contributed by atoms with Gasteiger partial charge in [0.25, 0.3) is 0 Å². The average Bonchev–Trinajstić information content (AvgIpc) is 2.75. The molecule has 1 fully saturated rings. The molecular weight excluding hydrogens is 253 g/mol. The van der Waals surface area contributed by atoms with E-state index in [0.29, 0.717) is 0 Å². The molecule has 3 rings (SSSR count). The van der Waals surface area contributed by atoms with Gasteiger partial charge in [-0.15, -0.1) is 0 Å². The van der Waals surface area contributed by atoms with E-state index in [1.807, 2.05) is 23.9 Å². The lowest BCUT2D eigenvalue weighted by atomic mass is 9.71. The van der Waals surface area contributed by atoms with Gasteiger partial charge in [0.1, 0.15) is 5.82 Å². The quantitative estimate of drug-likeness (QED) is 0.925. The Balaban J connectivity index is 1.94. The maximum Gasteiger partial charge on any atom is 0.127 e. The second-order valence-electron chi connectivity index (χ2n) is 5.64. The van der Waals surface area contributed by atoms with Gasteiger partial charge in [-0.05, 0) is 24.1 Å². The highest BCUT2D eigenvalue weighted by Crippen LogP contribution is 2.34. The number of aromatic nitrogens is 2. The molecule has 1 aliphatic heterocycles. The van der Waals surface area contributed by atoms with Crippen LogP contribution in [-0.4, -0.2) is 22.9 Å². The summed E-state index contributed by atoms with van der Waals surface area (Å²) in [5, 5.41) is 7.78. The van der Waals surface area contributed by atoms with Gasteiger partial charge in [0.2, 0.25) is 0 Å². The first kappa shape index (κ1) is 13.3. The van der Waals surface area contributed by atoms with E-state index in [1.54, 1.807) is 12.1 Å². The molecule has 4 heteroatoms. The molecule has 0 bridgehead atoms. The van der Waals surface area contributed by atoms with E-state index in [2.05, 4.69) is 23.4 Å². The Hall–Kier alpha value is -1.68. The van der Waals surface area contributed by atoms with Crippen LogP contribution >= 0.6 is 0 Å². The fourth-order valence-corrected chi connectivity index (χ4v) is 2.99. The van der Waals surface area contributed by atoms with Crippen molar-refractivity contribution < 1.29 is 4.39 Å². The lowest BCUT2D eigenvalue weighted by Crippen LogP contribution is -2.58. The van der Waals surface area contributed by atoms with Gasteiger partial charge in [-0.25, -0.2) is 4.39 Å². The van der Waals surface area contributed by atoms with Crippen LogP contribution in [0.15, 0.2) is 30.3 Å². The second-order valence-corrected chi connectivity index (χ2v) is 5.64. The largest absolute Gasteiger partial charge is 0.315 e. The highest BCUT2D eigenvalue weighted by Gasteiger charge is 2.41. The zero-order valence-electron chi connectivity index (χ0n) is 12.0. The molecule has 0 aliphatic carbocycles. The smallest absolute Gasteiger partial charge is 0.127 e. The summed E-state index contributed by atoms with van der Waals surface area (Å²) in [6, 6.07) is 9.27. The van der Waals surface area contributed by atoms with E-state index in [4.69, 9.17) is 0 Å². The monoisotopic (exact) mass is 273 g/mol.